The quantitative estimate of drug-likeness (QED) is 0.0585. The molecule has 492 valence electrons. The van der Waals surface area contributed by atoms with E-state index in [1.165, 1.54) is 4.90 Å². The fourth-order valence-corrected chi connectivity index (χ4v) is 16.6. The lowest BCUT2D eigenvalue weighted by Gasteiger charge is -2.33. The lowest BCUT2D eigenvalue weighted by molar-refractivity contribution is -0.134. The molecule has 8 aliphatic rings. The topological polar surface area (TPSA) is 193 Å². The van der Waals surface area contributed by atoms with Gasteiger partial charge in [-0.05, 0) is 88.7 Å². The molecule has 6 aromatic carbocycles. The predicted molar refractivity (Wildman–Crippen MR) is 361 cm³/mol. The summed E-state index contributed by atoms with van der Waals surface area (Å²) < 4.78 is 21.9. The zero-order chi connectivity index (χ0) is 64.9. The number of morpholine rings is 2. The van der Waals surface area contributed by atoms with Crippen LogP contribution in [0.2, 0.25) is 0 Å². The second kappa shape index (κ2) is 26.4. The average Bonchev–Trinajstić information content (AvgIpc) is 1.53. The maximum absolute atomic E-state index is 14.7. The molecule has 7 amide bonds. The summed E-state index contributed by atoms with van der Waals surface area (Å²) >= 11 is 0. The van der Waals surface area contributed by atoms with Crippen molar-refractivity contribution >= 4 is 74.1 Å². The molecular formula is C72H90N12O9. The van der Waals surface area contributed by atoms with Crippen molar-refractivity contribution in [2.24, 2.45) is 11.8 Å². The number of nitrogens with one attached hydrogen (secondary N) is 1. The first-order chi connectivity index (χ1) is 45.1. The lowest BCUT2D eigenvalue weighted by Crippen LogP contribution is -2.51. The number of benzene rings is 6. The average molecular weight is 1270 g/mol. The van der Waals surface area contributed by atoms with Crippen molar-refractivity contribution in [3.8, 4) is 11.5 Å². The molecule has 0 saturated carbocycles. The van der Waals surface area contributed by atoms with Gasteiger partial charge in [0.05, 0.1) is 64.1 Å². The molecule has 0 aliphatic carbocycles. The molecule has 8 fully saturated rings. The maximum Gasteiger partial charge on any atom is 0.328 e. The van der Waals surface area contributed by atoms with E-state index in [4.69, 9.17) is 24.7 Å². The smallest absolute Gasteiger partial charge is 0.328 e. The molecule has 21 nitrogen and oxygen atoms in total. The Kier molecular flexibility index (Phi) is 18.1. The number of carbonyl (C=O) groups is 5. The minimum absolute atomic E-state index is 0.0170. The summed E-state index contributed by atoms with van der Waals surface area (Å²) in [7, 11) is 11.4. The molecule has 0 bridgehead atoms. The van der Waals surface area contributed by atoms with Gasteiger partial charge in [0.2, 0.25) is 5.91 Å². The Labute approximate surface area is 545 Å². The van der Waals surface area contributed by atoms with E-state index in [1.54, 1.807) is 19.1 Å². The Morgan fingerprint density at radius 3 is 1.44 bits per heavy atom. The van der Waals surface area contributed by atoms with Crippen molar-refractivity contribution in [2.45, 2.75) is 68.9 Å². The van der Waals surface area contributed by atoms with E-state index in [0.29, 0.717) is 115 Å². The molecule has 3 N–H and O–H groups in total. The third-order valence-corrected chi connectivity index (χ3v) is 21.0. The van der Waals surface area contributed by atoms with Crippen LogP contribution >= 0.6 is 0 Å². The van der Waals surface area contributed by atoms with E-state index in [2.05, 4.69) is 122 Å². The maximum atomic E-state index is 14.7. The normalized spacial score (nSPS) is 24.8. The van der Waals surface area contributed by atoms with Crippen LogP contribution in [0, 0.1) is 11.8 Å². The van der Waals surface area contributed by atoms with Gasteiger partial charge < -0.3 is 49.6 Å². The van der Waals surface area contributed by atoms with Crippen molar-refractivity contribution in [3.63, 3.8) is 0 Å². The number of fused-ring (bicyclic) bond motifs is 2. The highest BCUT2D eigenvalue weighted by Gasteiger charge is 2.72. The van der Waals surface area contributed by atoms with Gasteiger partial charge in [-0.25, -0.2) is 9.59 Å². The first kappa shape index (κ1) is 63.7. The summed E-state index contributed by atoms with van der Waals surface area (Å²) in [5.41, 5.74) is 12.2. The minimum Gasteiger partial charge on any atom is -0.495 e. The number of nitrogens with two attached hydrogens (primary N) is 1. The third kappa shape index (κ3) is 11.5. The molecule has 6 atom stereocenters. The fraction of sp³-hybridized carbons (Fsp3) is 0.486. The van der Waals surface area contributed by atoms with E-state index >= 15 is 0 Å². The van der Waals surface area contributed by atoms with E-state index < -0.39 is 11.1 Å². The van der Waals surface area contributed by atoms with E-state index in [9.17, 15) is 24.0 Å². The Bertz CT molecular complexity index is 3820. The number of methoxy groups -OCH3 is 2. The molecule has 8 saturated heterocycles. The van der Waals surface area contributed by atoms with Crippen LogP contribution in [0.1, 0.15) is 66.9 Å². The van der Waals surface area contributed by atoms with Crippen molar-refractivity contribution in [2.75, 3.05) is 168 Å². The van der Waals surface area contributed by atoms with Crippen molar-refractivity contribution in [1.82, 2.24) is 39.2 Å². The second-order valence-corrected chi connectivity index (χ2v) is 26.8. The van der Waals surface area contributed by atoms with E-state index in [-0.39, 0.29) is 53.7 Å². The summed E-state index contributed by atoms with van der Waals surface area (Å²) in [6, 6.07) is 36.4. The number of hydrogen-bond donors (Lipinski definition) is 2. The van der Waals surface area contributed by atoms with Crippen molar-refractivity contribution in [1.29, 1.82) is 0 Å². The van der Waals surface area contributed by atoms with Crippen LogP contribution in [0.5, 0.6) is 11.5 Å². The minimum atomic E-state index is -0.932. The molecule has 0 radical (unpaired) electrons. The van der Waals surface area contributed by atoms with Crippen molar-refractivity contribution in [3.05, 3.63) is 131 Å². The first-order valence-corrected chi connectivity index (χ1v) is 33.2. The van der Waals surface area contributed by atoms with Gasteiger partial charge in [0, 0.05) is 160 Å². The molecule has 93 heavy (non-hydrogen) atoms. The van der Waals surface area contributed by atoms with Crippen molar-refractivity contribution < 1.29 is 42.9 Å². The highest BCUT2D eigenvalue weighted by Crippen LogP contribution is 2.58. The van der Waals surface area contributed by atoms with Gasteiger partial charge in [0.1, 0.15) is 22.6 Å². The molecule has 6 aromatic rings. The summed E-state index contributed by atoms with van der Waals surface area (Å²) in [6.45, 7) is 13.6. The molecule has 8 heterocycles. The van der Waals surface area contributed by atoms with Crippen LogP contribution in [0.4, 0.5) is 32.3 Å². The number of ether oxygens (including phenoxy) is 4. The van der Waals surface area contributed by atoms with Gasteiger partial charge in [0.25, 0.3) is 11.8 Å². The highest BCUT2D eigenvalue weighted by molar-refractivity contribution is 6.10. The molecule has 14 rings (SSSR count). The zero-order valence-electron chi connectivity index (χ0n) is 55.0. The number of urea groups is 2. The number of rotatable bonds is 19. The standard InChI is InChI=1S/C38H48N6O5.C34H42N6O4/c1-5-8-35(45)39-31-21-26(11-14-34(31)48-4)23-42-24-27-22-33(30-12-13-32(40(2)3)29-10-7-6-9-28(29)30)44-37(47)43(36(46)38(27,44)25-42)16-15-41-17-19-49-20-18-41;1-36(2)29-10-9-27(25-6-4-5-7-26(25)29)30-19-24-21-38(20-23-8-11-31(43-3)28(35)18-23)22-34(24)32(41)39(33(42)40(30)34)13-12-37-14-16-44-17-15-37/h6-7,9-14,21,27,33H,5,8,15-20,22-25H2,1-4H3,(H,39,45);4-11,18,24,30H,12-17,19-22,35H2,1-3H3/t27-,33-,38+;24-,30-,34+/m11/s1. The van der Waals surface area contributed by atoms with Gasteiger partial charge in [-0.3, -0.25) is 43.8 Å². The van der Waals surface area contributed by atoms with E-state index in [1.807, 2.05) is 67.2 Å². The molecule has 2 spiro atoms. The Morgan fingerprint density at radius 2 is 1.01 bits per heavy atom. The molecular weight excluding hydrogens is 1180 g/mol. The van der Waals surface area contributed by atoms with Crippen LogP contribution < -0.4 is 30.3 Å². The summed E-state index contributed by atoms with van der Waals surface area (Å²) in [4.78, 5) is 91.1. The third-order valence-electron chi connectivity index (χ3n) is 21.0. The Balaban J connectivity index is 0.000000170. The predicted octanol–water partition coefficient (Wildman–Crippen LogP) is 7.97. The SMILES string of the molecule is CCCC(=O)Nc1cc(CN2C[C@H]3C[C@H](c4ccc(N(C)C)c5ccccc45)N4C(=O)N(CCN5CCOCC5)C(=O)[C@]34C2)ccc1OC.COc1ccc(CN2C[C@H]3C[C@H](c4ccc(N(C)C)c5ccccc45)N4C(=O)N(CCN5CCOCC5)C(=O)[C@]34C2)cc1N. The number of likely N-dealkylation sites (tertiary alicyclic amines) is 2. The summed E-state index contributed by atoms with van der Waals surface area (Å²) in [5.74, 6) is 1.11. The number of nitrogens with zero attached hydrogens (tertiary/aromatic N) is 10. The van der Waals surface area contributed by atoms with E-state index in [0.717, 1.165) is 107 Å². The molecule has 0 unspecified atom stereocenters. The number of imide groups is 2. The highest BCUT2D eigenvalue weighted by atomic mass is 16.5. The number of anilines is 4. The number of carbonyl (C=O) groups excluding carboxylic acids is 5. The Hall–Kier alpha value is -8.05. The second-order valence-electron chi connectivity index (χ2n) is 26.8. The largest absolute Gasteiger partial charge is 0.495 e. The molecule has 8 aliphatic heterocycles. The zero-order valence-corrected chi connectivity index (χ0v) is 55.0. The number of amides is 7. The monoisotopic (exact) mass is 1270 g/mol. The summed E-state index contributed by atoms with van der Waals surface area (Å²) in [6.07, 6.45) is 2.67. The number of hydrogen-bond acceptors (Lipinski definition) is 16. The lowest BCUT2D eigenvalue weighted by atomic mass is 9.87. The Morgan fingerprint density at radius 1 is 0.570 bits per heavy atom. The molecule has 21 heteroatoms. The number of nitrogen functional groups attached to an aromatic ring is 1. The van der Waals surface area contributed by atoms with Gasteiger partial charge in [-0.1, -0.05) is 79.7 Å². The van der Waals surface area contributed by atoms with Gasteiger partial charge in [-0.2, -0.15) is 0 Å². The van der Waals surface area contributed by atoms with Crippen LogP contribution in [-0.2, 0) is 36.9 Å². The van der Waals surface area contributed by atoms with Crippen LogP contribution in [0.25, 0.3) is 21.5 Å². The van der Waals surface area contributed by atoms with Crippen LogP contribution in [0.3, 0.4) is 0 Å². The fourth-order valence-electron chi connectivity index (χ4n) is 16.6. The van der Waals surface area contributed by atoms with Crippen LogP contribution in [0.15, 0.2) is 109 Å². The van der Waals surface area contributed by atoms with Gasteiger partial charge in [-0.15, -0.1) is 0 Å². The molecule has 0 aromatic heterocycles. The van der Waals surface area contributed by atoms with Gasteiger partial charge in [0.15, 0.2) is 0 Å². The first-order valence-electron chi connectivity index (χ1n) is 33.2. The van der Waals surface area contributed by atoms with Crippen LogP contribution in [-0.4, -0.2) is 227 Å². The van der Waals surface area contributed by atoms with Gasteiger partial charge >= 0.3 is 12.1 Å². The summed E-state index contributed by atoms with van der Waals surface area (Å²) in [5, 5.41) is 7.55.